The van der Waals surface area contributed by atoms with Crippen LogP contribution in [0.2, 0.25) is 0 Å². The summed E-state index contributed by atoms with van der Waals surface area (Å²) in [5, 5.41) is 6.07. The fraction of sp³-hybridized carbons (Fsp3) is 0.381. The highest BCUT2D eigenvalue weighted by molar-refractivity contribution is 5.83. The minimum absolute atomic E-state index is 0.0331. The minimum Gasteiger partial charge on any atom is -0.493 e. The van der Waals surface area contributed by atoms with Gasteiger partial charge in [0.1, 0.15) is 5.75 Å². The number of nitrogens with one attached hydrogen (secondary N) is 2. The Kier molecular flexibility index (Phi) is 6.60. The van der Waals surface area contributed by atoms with Crippen molar-refractivity contribution in [2.75, 3.05) is 20.8 Å². The molecule has 7 heteroatoms. The van der Waals surface area contributed by atoms with Gasteiger partial charge in [0, 0.05) is 20.0 Å². The summed E-state index contributed by atoms with van der Waals surface area (Å²) in [6.45, 7) is 3.02. The zero-order chi connectivity index (χ0) is 19.9. The molecule has 1 heterocycles. The van der Waals surface area contributed by atoms with Crippen LogP contribution in [0.15, 0.2) is 42.5 Å². The third-order valence-electron chi connectivity index (χ3n) is 4.45. The van der Waals surface area contributed by atoms with Gasteiger partial charge in [0.15, 0.2) is 11.5 Å². The van der Waals surface area contributed by atoms with Gasteiger partial charge in [-0.05, 0) is 36.2 Å². The SMILES string of the molecule is COc1cc(CNC2CCNC2=O)cc(OC)c1OC(C)Oc1ccccc1. The average molecular weight is 386 g/mol. The van der Waals surface area contributed by atoms with Gasteiger partial charge in [0.05, 0.1) is 20.3 Å². The molecule has 2 unspecified atom stereocenters. The molecule has 0 bridgehead atoms. The van der Waals surface area contributed by atoms with Crippen molar-refractivity contribution < 1.29 is 23.7 Å². The Labute approximate surface area is 164 Å². The predicted octanol–water partition coefficient (Wildman–Crippen LogP) is 2.49. The van der Waals surface area contributed by atoms with Gasteiger partial charge in [-0.1, -0.05) is 18.2 Å². The van der Waals surface area contributed by atoms with Gasteiger partial charge in [-0.2, -0.15) is 0 Å². The van der Waals surface area contributed by atoms with Crippen LogP contribution in [0.3, 0.4) is 0 Å². The van der Waals surface area contributed by atoms with Crippen molar-refractivity contribution in [1.29, 1.82) is 0 Å². The molecule has 0 radical (unpaired) electrons. The molecular weight excluding hydrogens is 360 g/mol. The molecule has 1 fully saturated rings. The number of methoxy groups -OCH3 is 2. The lowest BCUT2D eigenvalue weighted by molar-refractivity contribution is -0.120. The molecule has 1 amide bonds. The first-order valence-corrected chi connectivity index (χ1v) is 9.25. The van der Waals surface area contributed by atoms with E-state index in [1.54, 1.807) is 21.1 Å². The highest BCUT2D eigenvalue weighted by Gasteiger charge is 2.24. The maximum absolute atomic E-state index is 11.7. The standard InChI is InChI=1S/C21H26N2O5/c1-14(27-16-7-5-4-6-8-16)28-20-18(25-2)11-15(12-19(20)26-3)13-23-17-9-10-22-21(17)24/h4-8,11-12,14,17,23H,9-10,13H2,1-3H3,(H,22,24). The van der Waals surface area contributed by atoms with Gasteiger partial charge in [-0.25, -0.2) is 0 Å². The smallest absolute Gasteiger partial charge is 0.238 e. The number of benzene rings is 2. The van der Waals surface area contributed by atoms with Crippen molar-refractivity contribution in [3.63, 3.8) is 0 Å². The first kappa shape index (κ1) is 19.8. The van der Waals surface area contributed by atoms with Gasteiger partial charge in [-0.15, -0.1) is 0 Å². The lowest BCUT2D eigenvalue weighted by atomic mass is 10.1. The molecule has 1 saturated heterocycles. The summed E-state index contributed by atoms with van der Waals surface area (Å²) < 4.78 is 22.7. The Balaban J connectivity index is 1.72. The van der Waals surface area contributed by atoms with E-state index in [4.69, 9.17) is 18.9 Å². The number of hydrogen-bond acceptors (Lipinski definition) is 6. The van der Waals surface area contributed by atoms with E-state index in [0.717, 1.165) is 12.0 Å². The van der Waals surface area contributed by atoms with E-state index < -0.39 is 6.29 Å². The number of para-hydroxylation sites is 1. The van der Waals surface area contributed by atoms with Gasteiger partial charge in [0.25, 0.3) is 0 Å². The zero-order valence-electron chi connectivity index (χ0n) is 16.4. The molecule has 150 valence electrons. The number of carbonyl (C=O) groups is 1. The summed E-state index contributed by atoms with van der Waals surface area (Å²) >= 11 is 0. The molecule has 2 N–H and O–H groups in total. The van der Waals surface area contributed by atoms with Crippen LogP contribution in [-0.4, -0.2) is 39.0 Å². The third kappa shape index (κ3) is 4.86. The maximum atomic E-state index is 11.7. The summed E-state index contributed by atoms with van der Waals surface area (Å²) in [6.07, 6.45) is 0.235. The van der Waals surface area contributed by atoms with Crippen LogP contribution in [0, 0.1) is 0 Å². The van der Waals surface area contributed by atoms with E-state index in [-0.39, 0.29) is 11.9 Å². The first-order chi connectivity index (χ1) is 13.6. The molecule has 2 aromatic carbocycles. The molecule has 2 atom stereocenters. The lowest BCUT2D eigenvalue weighted by Gasteiger charge is -2.21. The van der Waals surface area contributed by atoms with Crippen LogP contribution in [0.25, 0.3) is 0 Å². The Morgan fingerprint density at radius 1 is 1.11 bits per heavy atom. The second-order valence-corrected chi connectivity index (χ2v) is 6.46. The van der Waals surface area contributed by atoms with Crippen molar-refractivity contribution in [3.05, 3.63) is 48.0 Å². The second-order valence-electron chi connectivity index (χ2n) is 6.46. The molecular formula is C21H26N2O5. The van der Waals surface area contributed by atoms with Gasteiger partial charge < -0.3 is 29.6 Å². The molecule has 0 aliphatic carbocycles. The molecule has 7 nitrogen and oxygen atoms in total. The van der Waals surface area contributed by atoms with E-state index in [1.807, 2.05) is 42.5 Å². The molecule has 28 heavy (non-hydrogen) atoms. The number of ether oxygens (including phenoxy) is 4. The van der Waals surface area contributed by atoms with Crippen molar-refractivity contribution in [2.24, 2.45) is 0 Å². The molecule has 0 saturated carbocycles. The van der Waals surface area contributed by atoms with E-state index in [9.17, 15) is 4.79 Å². The fourth-order valence-electron chi connectivity index (χ4n) is 3.06. The highest BCUT2D eigenvalue weighted by atomic mass is 16.7. The van der Waals surface area contributed by atoms with Crippen LogP contribution < -0.4 is 29.6 Å². The summed E-state index contributed by atoms with van der Waals surface area (Å²) in [7, 11) is 3.15. The Morgan fingerprint density at radius 3 is 2.36 bits per heavy atom. The van der Waals surface area contributed by atoms with E-state index in [1.165, 1.54) is 0 Å². The average Bonchev–Trinajstić information content (AvgIpc) is 3.12. The quantitative estimate of drug-likeness (QED) is 0.645. The monoisotopic (exact) mass is 386 g/mol. The Morgan fingerprint density at radius 2 is 1.79 bits per heavy atom. The highest BCUT2D eigenvalue weighted by Crippen LogP contribution is 2.39. The molecule has 2 aromatic rings. The van der Waals surface area contributed by atoms with Crippen LogP contribution in [0.5, 0.6) is 23.0 Å². The molecule has 3 rings (SSSR count). The number of carbonyl (C=O) groups excluding carboxylic acids is 1. The number of amides is 1. The largest absolute Gasteiger partial charge is 0.493 e. The van der Waals surface area contributed by atoms with Crippen LogP contribution >= 0.6 is 0 Å². The normalized spacial score (nSPS) is 17.0. The van der Waals surface area contributed by atoms with Crippen molar-refractivity contribution in [3.8, 4) is 23.0 Å². The van der Waals surface area contributed by atoms with Crippen LogP contribution in [0.4, 0.5) is 0 Å². The van der Waals surface area contributed by atoms with E-state index in [2.05, 4.69) is 10.6 Å². The van der Waals surface area contributed by atoms with Gasteiger partial charge in [-0.3, -0.25) is 4.79 Å². The van der Waals surface area contributed by atoms with E-state index >= 15 is 0 Å². The van der Waals surface area contributed by atoms with Crippen LogP contribution in [-0.2, 0) is 11.3 Å². The number of hydrogen-bond donors (Lipinski definition) is 2. The van der Waals surface area contributed by atoms with Crippen molar-refractivity contribution in [2.45, 2.75) is 32.2 Å². The zero-order valence-corrected chi connectivity index (χ0v) is 16.4. The van der Waals surface area contributed by atoms with Crippen molar-refractivity contribution in [1.82, 2.24) is 10.6 Å². The summed E-state index contributed by atoms with van der Waals surface area (Å²) in [4.78, 5) is 11.7. The summed E-state index contributed by atoms with van der Waals surface area (Å²) in [5.74, 6) is 2.29. The lowest BCUT2D eigenvalue weighted by Crippen LogP contribution is -2.35. The molecule has 1 aliphatic heterocycles. The Bertz CT molecular complexity index is 772. The molecule has 1 aliphatic rings. The molecule has 0 spiro atoms. The molecule has 0 aromatic heterocycles. The van der Waals surface area contributed by atoms with Gasteiger partial charge in [0.2, 0.25) is 17.9 Å². The summed E-state index contributed by atoms with van der Waals surface area (Å²) in [5.41, 5.74) is 0.928. The maximum Gasteiger partial charge on any atom is 0.238 e. The van der Waals surface area contributed by atoms with Crippen LogP contribution in [0.1, 0.15) is 18.9 Å². The predicted molar refractivity (Wildman–Crippen MR) is 105 cm³/mol. The number of rotatable bonds is 9. The van der Waals surface area contributed by atoms with E-state index in [0.29, 0.717) is 36.1 Å². The topological polar surface area (TPSA) is 78.1 Å². The minimum atomic E-state index is -0.545. The Hall–Kier alpha value is -2.93. The van der Waals surface area contributed by atoms with Gasteiger partial charge >= 0.3 is 0 Å². The second kappa shape index (κ2) is 9.32. The first-order valence-electron chi connectivity index (χ1n) is 9.25. The summed E-state index contributed by atoms with van der Waals surface area (Å²) in [6, 6.07) is 13.0. The van der Waals surface area contributed by atoms with Crippen molar-refractivity contribution >= 4 is 5.91 Å². The third-order valence-corrected chi connectivity index (χ3v) is 4.45. The fourth-order valence-corrected chi connectivity index (χ4v) is 3.06.